The quantitative estimate of drug-likeness (QED) is 0.845. The number of aryl methyl sites for hydroxylation is 1. The van der Waals surface area contributed by atoms with Crippen molar-refractivity contribution < 1.29 is 4.79 Å². The van der Waals surface area contributed by atoms with E-state index in [-0.39, 0.29) is 16.9 Å². The van der Waals surface area contributed by atoms with E-state index in [2.05, 4.69) is 20.9 Å². The molecule has 0 saturated heterocycles. The molecule has 1 amide bonds. The zero-order chi connectivity index (χ0) is 12.8. The van der Waals surface area contributed by atoms with Gasteiger partial charge in [0.05, 0.1) is 0 Å². The average Bonchev–Trinajstić information content (AvgIpc) is 2.29. The number of rotatable bonds is 5. The number of H-pyrrole nitrogens is 1. The van der Waals surface area contributed by atoms with Crippen LogP contribution in [0.4, 0.5) is 0 Å². The van der Waals surface area contributed by atoms with Crippen molar-refractivity contribution in [2.24, 2.45) is 0 Å². The first-order chi connectivity index (χ1) is 8.10. The lowest BCUT2D eigenvalue weighted by Gasteiger charge is -2.20. The van der Waals surface area contributed by atoms with Crippen LogP contribution in [0.15, 0.2) is 17.1 Å². The van der Waals surface area contributed by atoms with Crippen molar-refractivity contribution in [3.05, 3.63) is 33.7 Å². The number of hydrogen-bond donors (Lipinski definition) is 1. The number of carbonyl (C=O) groups excluding carboxylic acids is 1. The molecule has 0 spiro atoms. The maximum Gasteiger partial charge on any atom is 0.259 e. The van der Waals surface area contributed by atoms with Gasteiger partial charge in [-0.25, -0.2) is 0 Å². The van der Waals surface area contributed by atoms with Crippen LogP contribution in [0.5, 0.6) is 0 Å². The molecule has 1 N–H and O–H groups in total. The minimum absolute atomic E-state index is 0.199. The SMILES string of the molecule is CCN(CCCBr)C(=O)c1c[nH]c(C)cc1=O. The molecule has 17 heavy (non-hydrogen) atoms. The second kappa shape index (κ2) is 6.59. The fourth-order valence-electron chi connectivity index (χ4n) is 1.56. The third-order valence-electron chi connectivity index (χ3n) is 2.52. The molecule has 1 heterocycles. The van der Waals surface area contributed by atoms with E-state index in [0.717, 1.165) is 17.4 Å². The summed E-state index contributed by atoms with van der Waals surface area (Å²) in [4.78, 5) is 28.4. The summed E-state index contributed by atoms with van der Waals surface area (Å²) >= 11 is 3.33. The smallest absolute Gasteiger partial charge is 0.259 e. The first-order valence-corrected chi connectivity index (χ1v) is 6.76. The van der Waals surface area contributed by atoms with Crippen molar-refractivity contribution >= 4 is 21.8 Å². The number of pyridine rings is 1. The Kier molecular flexibility index (Phi) is 5.41. The molecule has 1 aromatic heterocycles. The Bertz CT molecular complexity index is 442. The van der Waals surface area contributed by atoms with Crippen LogP contribution in [-0.2, 0) is 0 Å². The minimum Gasteiger partial charge on any atom is -0.364 e. The van der Waals surface area contributed by atoms with Gasteiger partial charge >= 0.3 is 0 Å². The van der Waals surface area contributed by atoms with Crippen LogP contribution < -0.4 is 5.43 Å². The van der Waals surface area contributed by atoms with Gasteiger partial charge in [0.25, 0.3) is 5.91 Å². The summed E-state index contributed by atoms with van der Waals surface area (Å²) in [6.07, 6.45) is 2.38. The molecule has 1 aromatic rings. The molecular weight excluding hydrogens is 284 g/mol. The summed E-state index contributed by atoms with van der Waals surface area (Å²) in [5, 5.41) is 0.848. The lowest BCUT2D eigenvalue weighted by Crippen LogP contribution is -2.35. The molecular formula is C12H17BrN2O2. The highest BCUT2D eigenvalue weighted by atomic mass is 79.9. The van der Waals surface area contributed by atoms with Crippen LogP contribution >= 0.6 is 15.9 Å². The maximum atomic E-state index is 12.1. The Hall–Kier alpha value is -1.10. The molecule has 0 aliphatic carbocycles. The zero-order valence-corrected chi connectivity index (χ0v) is 11.7. The summed E-state index contributed by atoms with van der Waals surface area (Å²) in [5.41, 5.74) is 0.755. The second-order valence-corrected chi connectivity index (χ2v) is 4.61. The number of aromatic nitrogens is 1. The van der Waals surface area contributed by atoms with E-state index in [1.807, 2.05) is 6.92 Å². The Morgan fingerprint density at radius 3 is 2.76 bits per heavy atom. The van der Waals surface area contributed by atoms with E-state index < -0.39 is 0 Å². The average molecular weight is 301 g/mol. The molecule has 0 bridgehead atoms. The van der Waals surface area contributed by atoms with Gasteiger partial charge in [0, 0.05) is 36.4 Å². The molecule has 0 atom stereocenters. The number of aromatic amines is 1. The normalized spacial score (nSPS) is 10.3. The molecule has 94 valence electrons. The third kappa shape index (κ3) is 3.70. The molecule has 0 aliphatic heterocycles. The van der Waals surface area contributed by atoms with Crippen molar-refractivity contribution in [1.82, 2.24) is 9.88 Å². The van der Waals surface area contributed by atoms with Gasteiger partial charge < -0.3 is 9.88 Å². The van der Waals surface area contributed by atoms with Crippen molar-refractivity contribution in [3.8, 4) is 0 Å². The Labute approximate surface area is 109 Å². The van der Waals surface area contributed by atoms with Crippen LogP contribution in [0.1, 0.15) is 29.4 Å². The topological polar surface area (TPSA) is 53.2 Å². The lowest BCUT2D eigenvalue weighted by atomic mass is 10.2. The first-order valence-electron chi connectivity index (χ1n) is 5.64. The molecule has 0 fully saturated rings. The lowest BCUT2D eigenvalue weighted by molar-refractivity contribution is 0.0763. The number of hydrogen-bond acceptors (Lipinski definition) is 2. The highest BCUT2D eigenvalue weighted by Crippen LogP contribution is 2.02. The predicted octanol–water partition coefficient (Wildman–Crippen LogP) is 1.93. The van der Waals surface area contributed by atoms with Gasteiger partial charge in [-0.15, -0.1) is 0 Å². The summed E-state index contributed by atoms with van der Waals surface area (Å²) < 4.78 is 0. The van der Waals surface area contributed by atoms with Crippen LogP contribution in [0.25, 0.3) is 0 Å². The molecule has 5 heteroatoms. The Morgan fingerprint density at radius 1 is 1.53 bits per heavy atom. The van der Waals surface area contributed by atoms with Gasteiger partial charge in [-0.1, -0.05) is 15.9 Å². The van der Waals surface area contributed by atoms with E-state index in [0.29, 0.717) is 13.1 Å². The highest BCUT2D eigenvalue weighted by molar-refractivity contribution is 9.09. The monoisotopic (exact) mass is 300 g/mol. The van der Waals surface area contributed by atoms with Crippen LogP contribution in [0.3, 0.4) is 0 Å². The van der Waals surface area contributed by atoms with E-state index in [1.54, 1.807) is 11.8 Å². The Balaban J connectivity index is 2.90. The van der Waals surface area contributed by atoms with Crippen molar-refractivity contribution in [3.63, 3.8) is 0 Å². The second-order valence-electron chi connectivity index (χ2n) is 3.82. The van der Waals surface area contributed by atoms with Crippen molar-refractivity contribution in [2.75, 3.05) is 18.4 Å². The molecule has 0 radical (unpaired) electrons. The van der Waals surface area contributed by atoms with Gasteiger partial charge in [-0.05, 0) is 20.3 Å². The molecule has 0 aromatic carbocycles. The number of halogens is 1. The Morgan fingerprint density at radius 2 is 2.24 bits per heavy atom. The first kappa shape index (κ1) is 14.0. The summed E-state index contributed by atoms with van der Waals surface area (Å²) in [6, 6.07) is 1.45. The number of alkyl halides is 1. The molecule has 1 rings (SSSR count). The number of carbonyl (C=O) groups is 1. The standard InChI is InChI=1S/C12H17BrN2O2/c1-3-15(6-4-5-13)12(17)10-8-14-9(2)7-11(10)16/h7-8H,3-6H2,1-2H3,(H,14,16). The van der Waals surface area contributed by atoms with E-state index in [1.165, 1.54) is 12.3 Å². The van der Waals surface area contributed by atoms with Crippen LogP contribution in [-0.4, -0.2) is 34.2 Å². The summed E-state index contributed by atoms with van der Waals surface area (Å²) in [5.74, 6) is -0.199. The number of amides is 1. The fourth-order valence-corrected chi connectivity index (χ4v) is 1.82. The summed E-state index contributed by atoms with van der Waals surface area (Å²) in [7, 11) is 0. The van der Waals surface area contributed by atoms with Crippen LogP contribution in [0, 0.1) is 6.92 Å². The number of nitrogens with one attached hydrogen (secondary N) is 1. The molecule has 0 saturated carbocycles. The van der Waals surface area contributed by atoms with Gasteiger partial charge in [-0.3, -0.25) is 9.59 Å². The predicted molar refractivity (Wildman–Crippen MR) is 71.8 cm³/mol. The molecule has 0 unspecified atom stereocenters. The maximum absolute atomic E-state index is 12.1. The van der Waals surface area contributed by atoms with Gasteiger partial charge in [-0.2, -0.15) is 0 Å². The van der Waals surface area contributed by atoms with Crippen molar-refractivity contribution in [2.45, 2.75) is 20.3 Å². The van der Waals surface area contributed by atoms with Gasteiger partial charge in [0.2, 0.25) is 0 Å². The van der Waals surface area contributed by atoms with Crippen molar-refractivity contribution in [1.29, 1.82) is 0 Å². The largest absolute Gasteiger partial charge is 0.364 e. The van der Waals surface area contributed by atoms with E-state index >= 15 is 0 Å². The minimum atomic E-state index is -0.219. The number of nitrogens with zero attached hydrogens (tertiary/aromatic N) is 1. The molecule has 0 aliphatic rings. The van der Waals surface area contributed by atoms with Crippen LogP contribution in [0.2, 0.25) is 0 Å². The summed E-state index contributed by atoms with van der Waals surface area (Å²) in [6.45, 7) is 4.97. The van der Waals surface area contributed by atoms with E-state index in [4.69, 9.17) is 0 Å². The zero-order valence-electron chi connectivity index (χ0n) is 10.1. The van der Waals surface area contributed by atoms with E-state index in [9.17, 15) is 9.59 Å². The highest BCUT2D eigenvalue weighted by Gasteiger charge is 2.16. The third-order valence-corrected chi connectivity index (χ3v) is 3.08. The van der Waals surface area contributed by atoms with Gasteiger partial charge in [0.1, 0.15) is 5.56 Å². The fraction of sp³-hybridized carbons (Fsp3) is 0.500. The van der Waals surface area contributed by atoms with Gasteiger partial charge in [0.15, 0.2) is 5.43 Å². The molecule has 4 nitrogen and oxygen atoms in total.